The molecule has 2 unspecified atom stereocenters. The lowest BCUT2D eigenvalue weighted by molar-refractivity contribution is -0.235. The SMILES string of the molecule is CC(C)C1=C2[C@H]3CCC4[C@@]5(C)CC[C@H](OC(=O)CC(C)(C)C(=O)O)C(C)(C)[C@@H]5CC[C@@]4(C)[C@]3(C)CC[C@@]2(C(O)CN(CCN(C)C)Cc2ccc(Cl)cc2)CC1=O. The molecule has 8 nitrogen and oxygen atoms in total. The molecule has 6 rings (SSSR count). The predicted octanol–water partition coefficient (Wildman–Crippen LogP) is 9.46. The second-order valence-corrected chi connectivity index (χ2v) is 22.2. The second-order valence-electron chi connectivity index (χ2n) is 21.7. The maximum absolute atomic E-state index is 14.3. The van der Waals surface area contributed by atoms with Crippen molar-refractivity contribution in [2.24, 2.45) is 56.2 Å². The van der Waals surface area contributed by atoms with Crippen LogP contribution in [0.15, 0.2) is 35.4 Å². The molecule has 5 aliphatic carbocycles. The van der Waals surface area contributed by atoms with Crippen molar-refractivity contribution in [3.05, 3.63) is 46.0 Å². The number of carbonyl (C=O) groups excluding carboxylic acids is 2. The highest BCUT2D eigenvalue weighted by Gasteiger charge is 2.71. The zero-order valence-corrected chi connectivity index (χ0v) is 37.7. The Kier molecular flexibility index (Phi) is 12.2. The highest BCUT2D eigenvalue weighted by Crippen LogP contribution is 2.77. The van der Waals surface area contributed by atoms with Crippen molar-refractivity contribution in [3.63, 3.8) is 0 Å². The predicted molar refractivity (Wildman–Crippen MR) is 227 cm³/mol. The number of nitrogens with zero attached hydrogens (tertiary/aromatic N) is 2. The molecule has 0 spiro atoms. The van der Waals surface area contributed by atoms with Gasteiger partial charge in [-0.25, -0.2) is 0 Å². The number of benzene rings is 1. The topological polar surface area (TPSA) is 107 Å². The van der Waals surface area contributed by atoms with Gasteiger partial charge < -0.3 is 19.8 Å². The van der Waals surface area contributed by atoms with E-state index in [9.17, 15) is 24.6 Å². The van der Waals surface area contributed by atoms with Crippen molar-refractivity contribution < 1.29 is 29.3 Å². The van der Waals surface area contributed by atoms with Gasteiger partial charge in [0.15, 0.2) is 5.78 Å². The first-order valence-electron chi connectivity index (χ1n) is 21.9. The lowest BCUT2D eigenvalue weighted by Gasteiger charge is -2.72. The monoisotopic (exact) mass is 809 g/mol. The fourth-order valence-corrected chi connectivity index (χ4v) is 13.9. The summed E-state index contributed by atoms with van der Waals surface area (Å²) in [4.78, 5) is 43.8. The van der Waals surface area contributed by atoms with Crippen LogP contribution in [0, 0.1) is 56.2 Å². The van der Waals surface area contributed by atoms with Crippen LogP contribution in [0.25, 0.3) is 0 Å². The van der Waals surface area contributed by atoms with Crippen LogP contribution in [0.5, 0.6) is 0 Å². The number of aliphatic carboxylic acids is 1. The maximum Gasteiger partial charge on any atom is 0.309 e. The number of fused-ring (bicyclic) bond motifs is 7. The van der Waals surface area contributed by atoms with Crippen molar-refractivity contribution in [2.75, 3.05) is 33.7 Å². The minimum atomic E-state index is -1.17. The number of ether oxygens (including phenoxy) is 1. The molecule has 4 fully saturated rings. The molecule has 1 aromatic carbocycles. The molecule has 0 aromatic heterocycles. The molecule has 318 valence electrons. The highest BCUT2D eigenvalue weighted by molar-refractivity contribution is 6.30. The quantitative estimate of drug-likeness (QED) is 0.190. The Bertz CT molecular complexity index is 1740. The standard InChI is InChI=1S/C48H73ClN2O6/c1-30(2)40-34(52)26-48(37(53)29-51(25-24-50(10)11)28-31-12-14-32(49)15-13-31)23-22-46(8)33(41(40)48)16-17-36-45(7)20-19-38(57-39(54)27-43(3,4)42(55)56)44(5,6)35(45)18-21-47(36,46)9/h12-15,30,33,35-38,53H,16-29H2,1-11H3,(H,55,56)/t33-,35+,36?,37?,38+,45+,46-,47-,48+/m1/s1. The summed E-state index contributed by atoms with van der Waals surface area (Å²) < 4.78 is 6.20. The van der Waals surface area contributed by atoms with Crippen LogP contribution in [0.1, 0.15) is 132 Å². The van der Waals surface area contributed by atoms with Gasteiger partial charge in [0, 0.05) is 48.5 Å². The van der Waals surface area contributed by atoms with Crippen molar-refractivity contribution in [3.8, 4) is 0 Å². The average Bonchev–Trinajstić information content (AvgIpc) is 3.42. The molecule has 4 saturated carbocycles. The van der Waals surface area contributed by atoms with Crippen LogP contribution in [0.3, 0.4) is 0 Å². The molecule has 57 heavy (non-hydrogen) atoms. The van der Waals surface area contributed by atoms with Gasteiger partial charge in [-0.05, 0) is 142 Å². The van der Waals surface area contributed by atoms with E-state index in [0.29, 0.717) is 36.4 Å². The molecule has 0 aliphatic heterocycles. The Morgan fingerprint density at radius 1 is 0.912 bits per heavy atom. The zero-order valence-electron chi connectivity index (χ0n) is 37.0. The van der Waals surface area contributed by atoms with Crippen molar-refractivity contribution in [2.45, 2.75) is 145 Å². The Labute approximate surface area is 348 Å². The summed E-state index contributed by atoms with van der Waals surface area (Å²) in [5, 5.41) is 23.0. The molecule has 9 heteroatoms. The van der Waals surface area contributed by atoms with Gasteiger partial charge in [0.1, 0.15) is 6.10 Å². The normalized spacial score (nSPS) is 35.5. The average molecular weight is 810 g/mol. The van der Waals surface area contributed by atoms with E-state index in [1.54, 1.807) is 13.8 Å². The number of allylic oxidation sites excluding steroid dienone is 1. The first-order valence-corrected chi connectivity index (χ1v) is 22.3. The smallest absolute Gasteiger partial charge is 0.309 e. The summed E-state index contributed by atoms with van der Waals surface area (Å²) >= 11 is 6.24. The van der Waals surface area contributed by atoms with Crippen LogP contribution in [-0.2, 0) is 25.7 Å². The van der Waals surface area contributed by atoms with Gasteiger partial charge in [-0.1, -0.05) is 77.8 Å². The van der Waals surface area contributed by atoms with E-state index in [-0.39, 0.29) is 51.8 Å². The van der Waals surface area contributed by atoms with Gasteiger partial charge >= 0.3 is 11.9 Å². The highest BCUT2D eigenvalue weighted by atomic mass is 35.5. The number of carboxylic acid groups (broad SMARTS) is 1. The third-order valence-corrected chi connectivity index (χ3v) is 17.4. The van der Waals surface area contributed by atoms with Gasteiger partial charge in [0.25, 0.3) is 0 Å². The fraction of sp³-hybridized carbons (Fsp3) is 0.771. The van der Waals surface area contributed by atoms with Gasteiger partial charge in [0.05, 0.1) is 17.9 Å². The molecule has 5 aliphatic rings. The zero-order chi connectivity index (χ0) is 42.1. The number of carbonyl (C=O) groups is 3. The number of carboxylic acids is 1. The minimum Gasteiger partial charge on any atom is -0.481 e. The molecule has 0 saturated heterocycles. The third-order valence-electron chi connectivity index (χ3n) is 17.1. The number of Topliss-reactive ketones (excluding diaryl/α,β-unsaturated/α-hetero) is 1. The molecule has 9 atom stereocenters. The van der Waals surface area contributed by atoms with Gasteiger partial charge in [-0.2, -0.15) is 0 Å². The van der Waals surface area contributed by atoms with Gasteiger partial charge in [-0.3, -0.25) is 19.3 Å². The van der Waals surface area contributed by atoms with Crippen LogP contribution in [0.2, 0.25) is 5.02 Å². The van der Waals surface area contributed by atoms with E-state index >= 15 is 0 Å². The van der Waals surface area contributed by atoms with Crippen molar-refractivity contribution in [1.82, 2.24) is 9.80 Å². The van der Waals surface area contributed by atoms with E-state index < -0.39 is 28.9 Å². The molecule has 0 radical (unpaired) electrons. The molecule has 0 amide bonds. The number of ketones is 1. The van der Waals surface area contributed by atoms with E-state index in [2.05, 4.69) is 84.5 Å². The van der Waals surface area contributed by atoms with Crippen LogP contribution >= 0.6 is 11.6 Å². The van der Waals surface area contributed by atoms with E-state index in [1.807, 2.05) is 12.1 Å². The van der Waals surface area contributed by atoms with E-state index in [4.69, 9.17) is 16.3 Å². The van der Waals surface area contributed by atoms with Gasteiger partial charge in [0.2, 0.25) is 0 Å². The van der Waals surface area contributed by atoms with Gasteiger partial charge in [-0.15, -0.1) is 0 Å². The van der Waals surface area contributed by atoms with E-state index in [1.165, 1.54) is 5.57 Å². The Balaban J connectivity index is 1.29. The Morgan fingerprint density at radius 3 is 2.19 bits per heavy atom. The van der Waals surface area contributed by atoms with Crippen LogP contribution in [0.4, 0.5) is 0 Å². The second kappa shape index (κ2) is 15.6. The lowest BCUT2D eigenvalue weighted by atomic mass is 9.33. The minimum absolute atomic E-state index is 0.0308. The molecular weight excluding hydrogens is 736 g/mol. The van der Waals surface area contributed by atoms with Crippen LogP contribution in [-0.4, -0.2) is 83.7 Å². The number of aliphatic hydroxyl groups excluding tert-OH is 1. The Hall–Kier alpha value is -2.26. The van der Waals surface area contributed by atoms with Crippen molar-refractivity contribution in [1.29, 1.82) is 0 Å². The first kappa shape index (κ1) is 44.3. The number of halogens is 1. The van der Waals surface area contributed by atoms with Crippen LogP contribution < -0.4 is 0 Å². The summed E-state index contributed by atoms with van der Waals surface area (Å²) in [6.07, 6.45) is 7.13. The summed E-state index contributed by atoms with van der Waals surface area (Å²) in [5.74, 6) is 0.00261. The number of aliphatic hydroxyl groups is 1. The fourth-order valence-electron chi connectivity index (χ4n) is 13.8. The summed E-state index contributed by atoms with van der Waals surface area (Å²) in [7, 11) is 4.17. The number of esters is 1. The largest absolute Gasteiger partial charge is 0.481 e. The third kappa shape index (κ3) is 7.58. The molecule has 0 heterocycles. The number of hydrogen-bond donors (Lipinski definition) is 2. The summed E-state index contributed by atoms with van der Waals surface area (Å²) in [5.41, 5.74) is 1.54. The van der Waals surface area contributed by atoms with E-state index in [0.717, 1.165) is 75.6 Å². The molecule has 0 bridgehead atoms. The molecule has 2 N–H and O–H groups in total. The lowest BCUT2D eigenvalue weighted by Crippen LogP contribution is -2.66. The number of rotatable bonds is 13. The molecule has 1 aromatic rings. The number of likely N-dealkylation sites (N-methyl/N-ethyl adjacent to an activating group) is 1. The summed E-state index contributed by atoms with van der Waals surface area (Å²) in [6, 6.07) is 8.00. The first-order chi connectivity index (χ1) is 26.4. The molecular formula is C48H73ClN2O6. The Morgan fingerprint density at radius 2 is 1.58 bits per heavy atom. The van der Waals surface area contributed by atoms with Crippen molar-refractivity contribution >= 4 is 29.3 Å². The summed E-state index contributed by atoms with van der Waals surface area (Å²) in [6.45, 7) is 22.6. The maximum atomic E-state index is 14.3. The number of hydrogen-bond acceptors (Lipinski definition) is 7.